The Morgan fingerprint density at radius 1 is 1.32 bits per heavy atom. The highest BCUT2D eigenvalue weighted by atomic mass is 16.5. The van der Waals surface area contributed by atoms with E-state index in [1.54, 1.807) is 6.07 Å². The Kier molecular flexibility index (Phi) is 4.79. The van der Waals surface area contributed by atoms with Crippen molar-refractivity contribution in [1.29, 1.82) is 0 Å². The van der Waals surface area contributed by atoms with Gasteiger partial charge < -0.3 is 19.7 Å². The van der Waals surface area contributed by atoms with Gasteiger partial charge >= 0.3 is 0 Å². The molecule has 2 aliphatic heterocycles. The van der Waals surface area contributed by atoms with Crippen LogP contribution in [0.25, 0.3) is 11.0 Å². The van der Waals surface area contributed by atoms with E-state index in [1.807, 2.05) is 43.0 Å². The number of carbonyl (C=O) groups excluding carboxylic acids is 2. The first-order chi connectivity index (χ1) is 15.0. The van der Waals surface area contributed by atoms with E-state index in [4.69, 9.17) is 4.52 Å². The van der Waals surface area contributed by atoms with E-state index in [0.29, 0.717) is 25.1 Å². The van der Waals surface area contributed by atoms with E-state index >= 15 is 0 Å². The van der Waals surface area contributed by atoms with Crippen molar-refractivity contribution in [2.75, 3.05) is 0 Å². The third-order valence-electron chi connectivity index (χ3n) is 6.97. The summed E-state index contributed by atoms with van der Waals surface area (Å²) < 4.78 is 5.24. The van der Waals surface area contributed by atoms with Crippen LogP contribution in [0.15, 0.2) is 34.9 Å². The van der Waals surface area contributed by atoms with Gasteiger partial charge in [0.1, 0.15) is 11.6 Å². The topological polar surface area (TPSA) is 104 Å². The molecule has 2 aromatic heterocycles. The number of nitrogens with one attached hydrogen (secondary N) is 2. The molecule has 8 nitrogen and oxygen atoms in total. The van der Waals surface area contributed by atoms with Crippen LogP contribution in [0.3, 0.4) is 0 Å². The molecule has 162 valence electrons. The van der Waals surface area contributed by atoms with E-state index in [-0.39, 0.29) is 30.3 Å². The first kappa shape index (κ1) is 19.8. The van der Waals surface area contributed by atoms with E-state index in [0.717, 1.165) is 35.4 Å². The van der Waals surface area contributed by atoms with E-state index in [9.17, 15) is 9.59 Å². The van der Waals surface area contributed by atoms with Gasteiger partial charge in [0.05, 0.1) is 35.1 Å². The van der Waals surface area contributed by atoms with Crippen molar-refractivity contribution >= 4 is 22.8 Å². The maximum absolute atomic E-state index is 13.4. The van der Waals surface area contributed by atoms with Crippen LogP contribution < -0.4 is 5.32 Å². The van der Waals surface area contributed by atoms with Crippen LogP contribution in [0.5, 0.6) is 0 Å². The molecule has 1 aromatic carbocycles. The number of rotatable bonds is 6. The minimum atomic E-state index is -0.554. The van der Waals surface area contributed by atoms with Crippen molar-refractivity contribution in [2.45, 2.75) is 64.6 Å². The highest BCUT2D eigenvalue weighted by Crippen LogP contribution is 2.52. The fourth-order valence-corrected chi connectivity index (χ4v) is 5.51. The van der Waals surface area contributed by atoms with Crippen LogP contribution in [0.2, 0.25) is 0 Å². The van der Waals surface area contributed by atoms with Crippen LogP contribution in [0.1, 0.15) is 49.9 Å². The first-order valence-corrected chi connectivity index (χ1v) is 11.0. The average molecular weight is 422 g/mol. The quantitative estimate of drug-likeness (QED) is 0.637. The van der Waals surface area contributed by atoms with Crippen molar-refractivity contribution in [3.63, 3.8) is 0 Å². The Morgan fingerprint density at radius 2 is 2.16 bits per heavy atom. The highest BCUT2D eigenvalue weighted by Gasteiger charge is 2.60. The van der Waals surface area contributed by atoms with E-state index in [1.165, 1.54) is 0 Å². The fraction of sp³-hybridized carbons (Fsp3) is 0.478. The zero-order valence-electron chi connectivity index (χ0n) is 17.9. The number of fused-ring (bicyclic) bond motifs is 3. The molecular formula is C23H27N5O3. The smallest absolute Gasteiger partial charge is 0.230 e. The first-order valence-electron chi connectivity index (χ1n) is 11.0. The number of aromatic nitrogens is 3. The Bertz CT molecular complexity index is 1100. The largest absolute Gasteiger partial charge is 0.361 e. The van der Waals surface area contributed by atoms with Gasteiger partial charge in [0.25, 0.3) is 0 Å². The molecule has 0 spiro atoms. The van der Waals surface area contributed by atoms with Gasteiger partial charge in [-0.15, -0.1) is 0 Å². The molecule has 2 aliphatic rings. The number of amides is 2. The van der Waals surface area contributed by atoms with Crippen molar-refractivity contribution < 1.29 is 14.1 Å². The number of hydrogen-bond donors (Lipinski definition) is 2. The third kappa shape index (κ3) is 3.30. The molecule has 2 fully saturated rings. The summed E-state index contributed by atoms with van der Waals surface area (Å²) in [6.45, 7) is 4.23. The van der Waals surface area contributed by atoms with Crippen molar-refractivity contribution in [2.24, 2.45) is 5.41 Å². The minimum absolute atomic E-state index is 0.0102. The number of H-pyrrole nitrogens is 1. The Labute approximate surface area is 180 Å². The molecule has 2 amide bonds. The second-order valence-corrected chi connectivity index (χ2v) is 8.76. The molecule has 3 aromatic rings. The number of nitrogens with zero attached hydrogens (tertiary/aromatic N) is 3. The predicted molar refractivity (Wildman–Crippen MR) is 114 cm³/mol. The summed E-state index contributed by atoms with van der Waals surface area (Å²) in [6, 6.07) is 9.64. The Balaban J connectivity index is 1.30. The van der Waals surface area contributed by atoms with Crippen LogP contribution in [-0.4, -0.2) is 43.9 Å². The molecule has 31 heavy (non-hydrogen) atoms. The second kappa shape index (κ2) is 7.51. The lowest BCUT2D eigenvalue weighted by atomic mass is 9.71. The number of imidazole rings is 1. The monoisotopic (exact) mass is 421 g/mol. The predicted octanol–water partition coefficient (Wildman–Crippen LogP) is 2.88. The molecule has 5 rings (SSSR count). The Morgan fingerprint density at radius 3 is 2.90 bits per heavy atom. The van der Waals surface area contributed by atoms with Gasteiger partial charge in [0.2, 0.25) is 11.8 Å². The number of para-hydroxylation sites is 2. The van der Waals surface area contributed by atoms with Crippen LogP contribution >= 0.6 is 0 Å². The molecule has 0 aliphatic carbocycles. The normalized spacial score (nSPS) is 24.8. The highest BCUT2D eigenvalue weighted by molar-refractivity contribution is 5.87. The van der Waals surface area contributed by atoms with Crippen molar-refractivity contribution in [1.82, 2.24) is 25.3 Å². The van der Waals surface area contributed by atoms with Gasteiger partial charge in [-0.3, -0.25) is 9.59 Å². The number of aryl methyl sites for hydroxylation is 1. The fourth-order valence-electron chi connectivity index (χ4n) is 5.51. The molecule has 0 unspecified atom stereocenters. The summed E-state index contributed by atoms with van der Waals surface area (Å²) in [7, 11) is 0. The molecule has 2 N–H and O–H groups in total. The van der Waals surface area contributed by atoms with E-state index < -0.39 is 5.41 Å². The summed E-state index contributed by atoms with van der Waals surface area (Å²) >= 11 is 0. The standard InChI is InChI=1S/C23H27N5O3/c1-3-23(22(30)24-13-20-25-17-6-4-5-7-18(17)26-20)12-15-8-9-19(23)28(15)21(29)11-16-10-14(2)27-31-16/h4-7,10,15,19H,3,8-9,11-13H2,1-2H3,(H,24,30)(H,25,26)/t15-,19+,23+/m1/s1. The van der Waals surface area contributed by atoms with Gasteiger partial charge in [0.15, 0.2) is 0 Å². The number of benzene rings is 1. The van der Waals surface area contributed by atoms with Crippen LogP contribution in [-0.2, 0) is 22.6 Å². The summed E-state index contributed by atoms with van der Waals surface area (Å²) in [4.78, 5) is 36.2. The molecule has 3 atom stereocenters. The maximum atomic E-state index is 13.4. The molecule has 4 heterocycles. The van der Waals surface area contributed by atoms with Crippen LogP contribution in [0.4, 0.5) is 0 Å². The van der Waals surface area contributed by atoms with Gasteiger partial charge in [-0.25, -0.2) is 4.98 Å². The van der Waals surface area contributed by atoms with Gasteiger partial charge in [0, 0.05) is 18.2 Å². The SMILES string of the molecule is CC[C@]1(C(=O)NCc2nc3ccccc3[nH]2)C[C@H]2CC[C@@H]1N2C(=O)Cc1cc(C)no1. The molecular weight excluding hydrogens is 394 g/mol. The van der Waals surface area contributed by atoms with Gasteiger partial charge in [-0.05, 0) is 44.7 Å². The Hall–Kier alpha value is -3.16. The second-order valence-electron chi connectivity index (χ2n) is 8.76. The van der Waals surface area contributed by atoms with Crippen LogP contribution in [0, 0.1) is 12.3 Å². The molecule has 8 heteroatoms. The van der Waals surface area contributed by atoms with Crippen molar-refractivity contribution in [3.8, 4) is 0 Å². The minimum Gasteiger partial charge on any atom is -0.361 e. The lowest BCUT2D eigenvalue weighted by Gasteiger charge is -2.35. The molecule has 2 bridgehead atoms. The van der Waals surface area contributed by atoms with Gasteiger partial charge in [-0.1, -0.05) is 24.2 Å². The van der Waals surface area contributed by atoms with Crippen molar-refractivity contribution in [3.05, 3.63) is 47.6 Å². The lowest BCUT2D eigenvalue weighted by Crippen LogP contribution is -2.49. The number of carbonyl (C=O) groups is 2. The average Bonchev–Trinajstić information content (AvgIpc) is 3.53. The number of hydrogen-bond acceptors (Lipinski definition) is 5. The maximum Gasteiger partial charge on any atom is 0.230 e. The zero-order valence-corrected chi connectivity index (χ0v) is 17.9. The zero-order chi connectivity index (χ0) is 21.6. The molecule has 2 saturated heterocycles. The summed E-state index contributed by atoms with van der Waals surface area (Å²) in [5, 5.41) is 6.96. The molecule has 0 saturated carbocycles. The molecule has 0 radical (unpaired) electrons. The lowest BCUT2D eigenvalue weighted by molar-refractivity contribution is -0.136. The summed E-state index contributed by atoms with van der Waals surface area (Å²) in [5.41, 5.74) is 2.05. The van der Waals surface area contributed by atoms with E-state index in [2.05, 4.69) is 20.4 Å². The van der Waals surface area contributed by atoms with Gasteiger partial charge in [-0.2, -0.15) is 0 Å². The third-order valence-corrected chi connectivity index (χ3v) is 6.97. The summed E-state index contributed by atoms with van der Waals surface area (Å²) in [5.74, 6) is 1.34. The number of aromatic amines is 1. The summed E-state index contributed by atoms with van der Waals surface area (Å²) in [6.07, 6.45) is 3.41.